The summed E-state index contributed by atoms with van der Waals surface area (Å²) in [5.74, 6) is -0.688. The van der Waals surface area contributed by atoms with Crippen molar-refractivity contribution in [2.45, 2.75) is 70.5 Å². The van der Waals surface area contributed by atoms with Crippen LogP contribution in [0.15, 0.2) is 11.6 Å². The van der Waals surface area contributed by atoms with Gasteiger partial charge in [0.1, 0.15) is 12.2 Å². The Labute approximate surface area is 232 Å². The molecule has 0 aromatic carbocycles. The molecule has 11 heteroatoms. The summed E-state index contributed by atoms with van der Waals surface area (Å²) in [5, 5.41) is 22.6. The number of ketones is 2. The molecule has 0 aromatic heterocycles. The number of phosphoric ester groups is 1. The van der Waals surface area contributed by atoms with Gasteiger partial charge >= 0.3 is 59.1 Å². The first-order valence-corrected chi connectivity index (χ1v) is 12.1. The topological polar surface area (TPSA) is 147 Å². The van der Waals surface area contributed by atoms with Crippen LogP contribution in [0.25, 0.3) is 0 Å². The molecular weight excluding hydrogens is 457 g/mol. The molecule has 32 heavy (non-hydrogen) atoms. The number of fused-ring (bicyclic) bond motifs is 5. The van der Waals surface area contributed by atoms with Crippen LogP contribution in [0.4, 0.5) is 0 Å². The van der Waals surface area contributed by atoms with E-state index in [1.54, 1.807) is 13.0 Å². The third-order valence-corrected chi connectivity index (χ3v) is 9.31. The minimum atomic E-state index is -5.33. The minimum absolute atomic E-state index is 0. The third kappa shape index (κ3) is 4.62. The molecule has 4 rings (SSSR count). The molecule has 0 bridgehead atoms. The van der Waals surface area contributed by atoms with Gasteiger partial charge < -0.3 is 29.1 Å². The molecule has 0 radical (unpaired) electrons. The molecule has 0 saturated heterocycles. The molecule has 0 heterocycles. The first-order chi connectivity index (χ1) is 13.8. The molecular formula is C21H29Na2O8P. The summed E-state index contributed by atoms with van der Waals surface area (Å²) in [4.78, 5) is 46.3. The van der Waals surface area contributed by atoms with Gasteiger partial charge in [-0.2, -0.15) is 0 Å². The Morgan fingerprint density at radius 1 is 1.22 bits per heavy atom. The molecule has 168 valence electrons. The number of rotatable bonds is 4. The van der Waals surface area contributed by atoms with E-state index < -0.39 is 37.3 Å². The Hall–Kier alpha value is 1.11. The maximum atomic E-state index is 12.8. The van der Waals surface area contributed by atoms with Crippen molar-refractivity contribution in [3.63, 3.8) is 0 Å². The summed E-state index contributed by atoms with van der Waals surface area (Å²) in [6, 6.07) is 0. The molecule has 0 amide bonds. The van der Waals surface area contributed by atoms with Gasteiger partial charge in [0.05, 0.1) is 13.9 Å². The number of carbonyl (C=O) groups is 2. The van der Waals surface area contributed by atoms with Gasteiger partial charge in [0.15, 0.2) is 11.6 Å². The van der Waals surface area contributed by atoms with E-state index in [0.717, 1.165) is 18.4 Å². The maximum absolute atomic E-state index is 12.8. The Balaban J connectivity index is 0.00000181. The molecule has 5 unspecified atom stereocenters. The van der Waals surface area contributed by atoms with Crippen LogP contribution in [-0.4, -0.2) is 40.1 Å². The summed E-state index contributed by atoms with van der Waals surface area (Å²) in [7, 11) is -5.33. The van der Waals surface area contributed by atoms with E-state index in [-0.39, 0.29) is 101 Å². The summed E-state index contributed by atoms with van der Waals surface area (Å²) >= 11 is 0. The molecule has 4 aliphatic rings. The molecule has 3 fully saturated rings. The SMILES string of the molecule is CC12CCC(=O)C=C1CCC1C2[C@@H](O)CC2(C)C1CC[C@]2(O)C(=O)COP(=O)([O-])[O-].[Na+].[Na+]. The van der Waals surface area contributed by atoms with Crippen molar-refractivity contribution in [3.8, 4) is 0 Å². The van der Waals surface area contributed by atoms with Crippen LogP contribution in [-0.2, 0) is 18.7 Å². The molecule has 7 atom stereocenters. The monoisotopic (exact) mass is 486 g/mol. The molecule has 4 aliphatic carbocycles. The zero-order chi connectivity index (χ0) is 22.1. The maximum Gasteiger partial charge on any atom is 1.00 e. The number of hydrogen-bond donors (Lipinski definition) is 2. The van der Waals surface area contributed by atoms with E-state index in [0.29, 0.717) is 19.3 Å². The largest absolute Gasteiger partial charge is 1.00 e. The predicted molar refractivity (Wildman–Crippen MR) is 102 cm³/mol. The Morgan fingerprint density at radius 3 is 2.50 bits per heavy atom. The minimum Gasteiger partial charge on any atom is -0.790 e. The van der Waals surface area contributed by atoms with Gasteiger partial charge in [0, 0.05) is 11.8 Å². The predicted octanol–water partition coefficient (Wildman–Crippen LogP) is -5.36. The van der Waals surface area contributed by atoms with Crippen LogP contribution >= 0.6 is 7.82 Å². The van der Waals surface area contributed by atoms with Gasteiger partial charge in [0.2, 0.25) is 0 Å². The van der Waals surface area contributed by atoms with Gasteiger partial charge in [0.25, 0.3) is 0 Å². The third-order valence-electron chi connectivity index (χ3n) is 8.86. The normalized spacial score (nSPS) is 43.1. The number of aliphatic hydroxyl groups is 2. The number of aliphatic hydroxyl groups excluding tert-OH is 1. The summed E-state index contributed by atoms with van der Waals surface area (Å²) in [6.45, 7) is 2.92. The quantitative estimate of drug-likeness (QED) is 0.296. The number of hydrogen-bond acceptors (Lipinski definition) is 8. The van der Waals surface area contributed by atoms with Gasteiger partial charge in [-0.1, -0.05) is 19.4 Å². The van der Waals surface area contributed by atoms with Gasteiger partial charge in [-0.25, -0.2) is 0 Å². The van der Waals surface area contributed by atoms with E-state index >= 15 is 0 Å². The zero-order valence-corrected chi connectivity index (χ0v) is 24.2. The van der Waals surface area contributed by atoms with Crippen molar-refractivity contribution in [1.82, 2.24) is 0 Å². The van der Waals surface area contributed by atoms with E-state index in [1.807, 2.05) is 0 Å². The van der Waals surface area contributed by atoms with Crippen molar-refractivity contribution in [2.24, 2.45) is 28.6 Å². The first-order valence-electron chi connectivity index (χ1n) is 10.7. The number of Topliss-reactive ketones (excluding diaryl/α,β-unsaturated/α-hetero) is 1. The second kappa shape index (κ2) is 9.87. The summed E-state index contributed by atoms with van der Waals surface area (Å²) < 4.78 is 15.0. The van der Waals surface area contributed by atoms with Crippen LogP contribution in [0.1, 0.15) is 58.8 Å². The number of phosphoric acid groups is 1. The van der Waals surface area contributed by atoms with Crippen molar-refractivity contribution in [2.75, 3.05) is 6.61 Å². The fourth-order valence-electron chi connectivity index (χ4n) is 7.41. The fraction of sp³-hybridized carbons (Fsp3) is 0.810. The molecule has 8 nitrogen and oxygen atoms in total. The summed E-state index contributed by atoms with van der Waals surface area (Å²) in [5.41, 5.74) is -1.96. The average Bonchev–Trinajstić information content (AvgIpc) is 2.91. The number of allylic oxidation sites excluding steroid dienone is 1. The Morgan fingerprint density at radius 2 is 1.88 bits per heavy atom. The second-order valence-electron chi connectivity index (χ2n) is 10.1. The smallest absolute Gasteiger partial charge is 0.790 e. The molecule has 0 aliphatic heterocycles. The van der Waals surface area contributed by atoms with Crippen LogP contribution in [0.3, 0.4) is 0 Å². The second-order valence-corrected chi connectivity index (χ2v) is 11.3. The van der Waals surface area contributed by atoms with E-state index in [2.05, 4.69) is 11.4 Å². The number of carbonyl (C=O) groups excluding carboxylic acids is 2. The van der Waals surface area contributed by atoms with Gasteiger partial charge in [-0.05, 0) is 67.8 Å². The molecule has 3 saturated carbocycles. The van der Waals surface area contributed by atoms with Crippen LogP contribution in [0, 0.1) is 28.6 Å². The Bertz CT molecular complexity index is 859. The average molecular weight is 486 g/mol. The van der Waals surface area contributed by atoms with E-state index in [9.17, 15) is 34.2 Å². The van der Waals surface area contributed by atoms with Gasteiger partial charge in [-0.3, -0.25) is 9.59 Å². The van der Waals surface area contributed by atoms with E-state index in [1.165, 1.54) is 0 Å². The van der Waals surface area contributed by atoms with Crippen molar-refractivity contribution in [3.05, 3.63) is 11.6 Å². The standard InChI is InChI=1S/C21H31O8P.2Na/c1-19-7-5-13(22)9-12(19)3-4-14-15-6-8-21(25,17(24)11-29-30(26,27)28)20(15,2)10-16(23)18(14)19;;/h9,14-16,18,23,25H,3-8,10-11H2,1-2H3,(H2,26,27,28);;/q;2*+1/p-2/t14?,15?,16-,18?,19?,20?,21-;;/m0../s1. The van der Waals surface area contributed by atoms with Crippen molar-refractivity contribution < 1.29 is 97.8 Å². The Kier molecular flexibility index (Phi) is 9.05. The van der Waals surface area contributed by atoms with E-state index in [4.69, 9.17) is 0 Å². The van der Waals surface area contributed by atoms with Gasteiger partial charge in [-0.15, -0.1) is 0 Å². The van der Waals surface area contributed by atoms with Crippen LogP contribution in [0.5, 0.6) is 0 Å². The summed E-state index contributed by atoms with van der Waals surface area (Å²) in [6.07, 6.45) is 4.59. The zero-order valence-electron chi connectivity index (χ0n) is 19.3. The van der Waals surface area contributed by atoms with Crippen LogP contribution in [0.2, 0.25) is 0 Å². The molecule has 2 N–H and O–H groups in total. The molecule has 0 aromatic rings. The fourth-order valence-corrected chi connectivity index (χ4v) is 7.68. The van der Waals surface area contributed by atoms with Crippen molar-refractivity contribution >= 4 is 19.4 Å². The first kappa shape index (κ1) is 29.3. The molecule has 0 spiro atoms. The van der Waals surface area contributed by atoms with Crippen LogP contribution < -0.4 is 68.9 Å². The van der Waals surface area contributed by atoms with Crippen molar-refractivity contribution in [1.29, 1.82) is 0 Å².